The molecule has 1 amide bonds. The molecule has 4 rings (SSSR count). The molecule has 43 heavy (non-hydrogen) atoms. The molecule has 0 saturated heterocycles. The zero-order chi connectivity index (χ0) is 31.4. The maximum atomic E-state index is 15.1. The van der Waals surface area contributed by atoms with Crippen LogP contribution in [-0.2, 0) is 6.42 Å². The number of benzene rings is 2. The lowest BCUT2D eigenvalue weighted by Gasteiger charge is -2.13. The van der Waals surface area contributed by atoms with Gasteiger partial charge in [0.2, 0.25) is 0 Å². The number of ether oxygens (including phenoxy) is 2. The quantitative estimate of drug-likeness (QED) is 0.137. The van der Waals surface area contributed by atoms with Gasteiger partial charge < -0.3 is 19.8 Å². The van der Waals surface area contributed by atoms with Crippen molar-refractivity contribution < 1.29 is 45.0 Å². The van der Waals surface area contributed by atoms with E-state index >= 15 is 4.39 Å². The number of carbonyl (C=O) groups is 1. The predicted octanol–water partition coefficient (Wildman–Crippen LogP) is 8.34. The number of carbonyl (C=O) groups excluding carboxylic acids is 1. The Morgan fingerprint density at radius 3 is 2.23 bits per heavy atom. The number of aromatic amines is 1. The van der Waals surface area contributed by atoms with Gasteiger partial charge in [-0.25, -0.2) is 4.39 Å². The van der Waals surface area contributed by atoms with Crippen LogP contribution in [0.3, 0.4) is 0 Å². The molecule has 6 nitrogen and oxygen atoms in total. The van der Waals surface area contributed by atoms with Crippen molar-refractivity contribution in [3.63, 3.8) is 0 Å². The standard InChI is InChI=1S/C29H23F7N2O4S/c1-2-19-9-11-24(43-19)21-15-23(20-10-8-18(14-22(20)30)41-13-3-12-28(31,32)33)38-27(40)25(21)26(39)37-16-4-6-17(7-5-16)42-29(34,35)36/h4-11,14-15H,2-3,12-13H2,1H3,(H,37,39)(H,38,40). The van der Waals surface area contributed by atoms with Gasteiger partial charge in [0.05, 0.1) is 12.3 Å². The molecule has 0 atom stereocenters. The highest BCUT2D eigenvalue weighted by Crippen LogP contribution is 2.34. The van der Waals surface area contributed by atoms with Crippen LogP contribution in [0.15, 0.2) is 65.5 Å². The average Bonchev–Trinajstić information content (AvgIpc) is 3.40. The van der Waals surface area contributed by atoms with Crippen molar-refractivity contribution in [3.8, 4) is 33.2 Å². The first kappa shape index (κ1) is 31.6. The number of anilines is 1. The van der Waals surface area contributed by atoms with Crippen molar-refractivity contribution in [2.24, 2.45) is 0 Å². The number of hydrogen-bond donors (Lipinski definition) is 2. The van der Waals surface area contributed by atoms with Gasteiger partial charge in [0.25, 0.3) is 11.5 Å². The summed E-state index contributed by atoms with van der Waals surface area (Å²) in [5.41, 5.74) is -0.927. The minimum Gasteiger partial charge on any atom is -0.493 e. The first-order valence-electron chi connectivity index (χ1n) is 12.8. The molecule has 0 bridgehead atoms. The monoisotopic (exact) mass is 628 g/mol. The summed E-state index contributed by atoms with van der Waals surface area (Å²) in [4.78, 5) is 30.5. The molecule has 4 aromatic rings. The van der Waals surface area contributed by atoms with E-state index in [-0.39, 0.29) is 46.8 Å². The van der Waals surface area contributed by atoms with Gasteiger partial charge >= 0.3 is 12.5 Å². The van der Waals surface area contributed by atoms with Gasteiger partial charge in [-0.2, -0.15) is 13.2 Å². The van der Waals surface area contributed by atoms with Gasteiger partial charge in [-0.1, -0.05) is 6.92 Å². The Hall–Kier alpha value is -4.33. The minimum absolute atomic E-state index is 0.000473. The number of amides is 1. The minimum atomic E-state index is -4.89. The summed E-state index contributed by atoms with van der Waals surface area (Å²) < 4.78 is 98.5. The number of thiophene rings is 1. The van der Waals surface area contributed by atoms with Crippen molar-refractivity contribution in [1.29, 1.82) is 0 Å². The fraction of sp³-hybridized carbons (Fsp3) is 0.241. The predicted molar refractivity (Wildman–Crippen MR) is 147 cm³/mol. The van der Waals surface area contributed by atoms with E-state index in [0.717, 1.165) is 23.1 Å². The molecule has 228 valence electrons. The van der Waals surface area contributed by atoms with Crippen molar-refractivity contribution in [3.05, 3.63) is 87.3 Å². The van der Waals surface area contributed by atoms with Crippen molar-refractivity contribution in [1.82, 2.24) is 4.98 Å². The van der Waals surface area contributed by atoms with Gasteiger partial charge in [0.1, 0.15) is 22.9 Å². The number of alkyl halides is 6. The molecule has 0 radical (unpaired) electrons. The van der Waals surface area contributed by atoms with Crippen molar-refractivity contribution >= 4 is 22.9 Å². The zero-order valence-electron chi connectivity index (χ0n) is 22.3. The van der Waals surface area contributed by atoms with Gasteiger partial charge in [-0.3, -0.25) is 9.59 Å². The first-order chi connectivity index (χ1) is 20.2. The summed E-state index contributed by atoms with van der Waals surface area (Å²) in [5, 5.41) is 2.48. The third-order valence-corrected chi connectivity index (χ3v) is 7.25. The number of rotatable bonds is 10. The fourth-order valence-electron chi connectivity index (χ4n) is 4.04. The number of hydrogen-bond acceptors (Lipinski definition) is 5. The lowest BCUT2D eigenvalue weighted by atomic mass is 10.0. The van der Waals surface area contributed by atoms with Crippen LogP contribution in [0.2, 0.25) is 0 Å². The maximum absolute atomic E-state index is 15.1. The summed E-state index contributed by atoms with van der Waals surface area (Å²) in [5.74, 6) is -2.19. The second kappa shape index (κ2) is 12.9. The molecule has 0 aliphatic carbocycles. The largest absolute Gasteiger partial charge is 0.573 e. The first-order valence-corrected chi connectivity index (χ1v) is 13.6. The van der Waals surface area contributed by atoms with E-state index in [1.807, 2.05) is 13.0 Å². The summed E-state index contributed by atoms with van der Waals surface area (Å²) in [6.07, 6.45) is -9.90. The zero-order valence-corrected chi connectivity index (χ0v) is 23.1. The molecule has 0 aliphatic rings. The highest BCUT2D eigenvalue weighted by Gasteiger charge is 2.31. The highest BCUT2D eigenvalue weighted by molar-refractivity contribution is 7.15. The smallest absolute Gasteiger partial charge is 0.493 e. The van der Waals surface area contributed by atoms with E-state index in [9.17, 15) is 35.9 Å². The average molecular weight is 629 g/mol. The number of aromatic nitrogens is 1. The van der Waals surface area contributed by atoms with E-state index < -0.39 is 42.0 Å². The summed E-state index contributed by atoms with van der Waals surface area (Å²) in [7, 11) is 0. The lowest BCUT2D eigenvalue weighted by molar-refractivity contribution is -0.274. The fourth-order valence-corrected chi connectivity index (χ4v) is 5.01. The molecule has 0 spiro atoms. The Kier molecular flexibility index (Phi) is 9.48. The van der Waals surface area contributed by atoms with E-state index in [2.05, 4.69) is 15.0 Å². The third-order valence-electron chi connectivity index (χ3n) is 5.99. The van der Waals surface area contributed by atoms with Gasteiger partial charge in [0.15, 0.2) is 0 Å². The molecular formula is C29H23F7N2O4S. The second-order valence-corrected chi connectivity index (χ2v) is 10.3. The Labute approximate surface area is 244 Å². The lowest BCUT2D eigenvalue weighted by Crippen LogP contribution is -2.25. The van der Waals surface area contributed by atoms with Crippen molar-refractivity contribution in [2.45, 2.75) is 38.7 Å². The molecule has 2 N–H and O–H groups in total. The molecule has 2 heterocycles. The van der Waals surface area contributed by atoms with Gasteiger partial charge in [-0.05, 0) is 67.4 Å². The van der Waals surface area contributed by atoms with Crippen LogP contribution >= 0.6 is 11.3 Å². The van der Waals surface area contributed by atoms with Crippen LogP contribution in [0.4, 0.5) is 36.4 Å². The molecule has 0 unspecified atom stereocenters. The number of pyridine rings is 1. The van der Waals surface area contributed by atoms with Crippen LogP contribution in [0, 0.1) is 5.82 Å². The van der Waals surface area contributed by atoms with E-state index in [1.54, 1.807) is 6.07 Å². The number of aryl methyl sites for hydroxylation is 1. The van der Waals surface area contributed by atoms with Gasteiger partial charge in [-0.15, -0.1) is 24.5 Å². The number of H-pyrrole nitrogens is 1. The van der Waals surface area contributed by atoms with Crippen LogP contribution in [0.25, 0.3) is 21.7 Å². The van der Waals surface area contributed by atoms with Gasteiger partial charge in [0, 0.05) is 39.1 Å². The van der Waals surface area contributed by atoms with Crippen LogP contribution < -0.4 is 20.3 Å². The van der Waals surface area contributed by atoms with Crippen molar-refractivity contribution in [2.75, 3.05) is 11.9 Å². The molecule has 2 aromatic carbocycles. The van der Waals surface area contributed by atoms with E-state index in [4.69, 9.17) is 4.74 Å². The Bertz CT molecular complexity index is 1640. The van der Waals surface area contributed by atoms with E-state index in [1.165, 1.54) is 41.7 Å². The van der Waals surface area contributed by atoms with Crippen LogP contribution in [0.5, 0.6) is 11.5 Å². The summed E-state index contributed by atoms with van der Waals surface area (Å²) >= 11 is 1.31. The topological polar surface area (TPSA) is 80.4 Å². The Balaban J connectivity index is 1.64. The molecular weight excluding hydrogens is 605 g/mol. The SMILES string of the molecule is CCc1ccc(-c2cc(-c3ccc(OCCCC(F)(F)F)cc3F)[nH]c(=O)c2C(=O)Nc2ccc(OC(F)(F)F)cc2)s1. The summed E-state index contributed by atoms with van der Waals surface area (Å²) in [6, 6.07) is 12.9. The highest BCUT2D eigenvalue weighted by atomic mass is 32.1. The Morgan fingerprint density at radius 1 is 0.930 bits per heavy atom. The molecule has 0 aliphatic heterocycles. The van der Waals surface area contributed by atoms with Crippen LogP contribution in [-0.4, -0.2) is 30.0 Å². The second-order valence-electron chi connectivity index (χ2n) is 9.16. The normalized spacial score (nSPS) is 11.8. The maximum Gasteiger partial charge on any atom is 0.573 e. The molecule has 0 fully saturated rings. The number of nitrogens with one attached hydrogen (secondary N) is 2. The number of halogens is 7. The summed E-state index contributed by atoms with van der Waals surface area (Å²) in [6.45, 7) is 1.64. The molecule has 0 saturated carbocycles. The van der Waals surface area contributed by atoms with E-state index in [0.29, 0.717) is 11.3 Å². The Morgan fingerprint density at radius 2 is 1.63 bits per heavy atom. The molecule has 2 aromatic heterocycles. The van der Waals surface area contributed by atoms with Crippen LogP contribution in [0.1, 0.15) is 35.0 Å². The molecule has 14 heteroatoms. The third kappa shape index (κ3) is 8.60.